The van der Waals surface area contributed by atoms with Gasteiger partial charge in [-0.25, -0.2) is 0 Å². The number of aromatic nitrogens is 1. The van der Waals surface area contributed by atoms with E-state index >= 15 is 0 Å². The van der Waals surface area contributed by atoms with Crippen LogP contribution in [0.3, 0.4) is 0 Å². The van der Waals surface area contributed by atoms with Crippen molar-refractivity contribution in [2.24, 2.45) is 0 Å². The van der Waals surface area contributed by atoms with E-state index in [0.29, 0.717) is 9.30 Å². The third-order valence-corrected chi connectivity index (χ3v) is 2.60. The summed E-state index contributed by atoms with van der Waals surface area (Å²) in [5.41, 5.74) is 0.822. The van der Waals surface area contributed by atoms with Crippen LogP contribution in [-0.4, -0.2) is 14.7 Å². The van der Waals surface area contributed by atoms with Crippen molar-refractivity contribution in [2.75, 3.05) is 0 Å². The summed E-state index contributed by atoms with van der Waals surface area (Å²) in [6.45, 7) is 2.00. The second-order valence-corrected chi connectivity index (χ2v) is 5.28. The van der Waals surface area contributed by atoms with E-state index in [1.54, 1.807) is 0 Å². The lowest BCUT2D eigenvalue weighted by Crippen LogP contribution is -2.01. The summed E-state index contributed by atoms with van der Waals surface area (Å²) in [6, 6.07) is 1.47. The Kier molecular flexibility index (Phi) is 4.00. The first kappa shape index (κ1) is 11.6. The number of nitro groups is 1. The van der Waals surface area contributed by atoms with Crippen molar-refractivity contribution in [3.05, 3.63) is 32.5 Å². The Morgan fingerprint density at radius 3 is 2.79 bits per heavy atom. The molecule has 1 aromatic rings. The number of hydrogen-bond acceptors (Lipinski definition) is 3. The summed E-state index contributed by atoms with van der Waals surface area (Å²) < 4.78 is 0.679. The van der Waals surface area contributed by atoms with Gasteiger partial charge in [-0.1, -0.05) is 22.9 Å². The van der Waals surface area contributed by atoms with Crippen molar-refractivity contribution in [3.8, 4) is 0 Å². The molecule has 0 bridgehead atoms. The molecule has 76 valence electrons. The minimum atomic E-state index is -0.459. The first-order valence-electron chi connectivity index (χ1n) is 3.93. The van der Waals surface area contributed by atoms with Crippen molar-refractivity contribution in [2.45, 2.75) is 18.2 Å². The average molecular weight is 324 g/mol. The molecular weight excluding hydrogens is 316 g/mol. The molecule has 1 unspecified atom stereocenters. The van der Waals surface area contributed by atoms with Crippen LogP contribution in [0.15, 0.2) is 16.7 Å². The van der Waals surface area contributed by atoms with Crippen LogP contribution in [0.5, 0.6) is 0 Å². The maximum absolute atomic E-state index is 10.4. The van der Waals surface area contributed by atoms with E-state index in [1.807, 2.05) is 6.92 Å². The lowest BCUT2D eigenvalue weighted by molar-refractivity contribution is -0.385. The lowest BCUT2D eigenvalue weighted by Gasteiger charge is -2.04. The van der Waals surface area contributed by atoms with Gasteiger partial charge in [-0.05, 0) is 15.9 Å². The summed E-state index contributed by atoms with van der Waals surface area (Å²) >= 11 is 6.65. The van der Waals surface area contributed by atoms with E-state index in [9.17, 15) is 10.1 Å². The fourth-order valence-corrected chi connectivity index (χ4v) is 1.78. The van der Waals surface area contributed by atoms with Crippen molar-refractivity contribution >= 4 is 37.5 Å². The van der Waals surface area contributed by atoms with Crippen molar-refractivity contribution in [1.82, 2.24) is 4.98 Å². The summed E-state index contributed by atoms with van der Waals surface area (Å²) in [5.74, 6) is 0. The Labute approximate surface area is 98.1 Å². The van der Waals surface area contributed by atoms with E-state index in [2.05, 4.69) is 36.8 Å². The molecule has 4 nitrogen and oxygen atoms in total. The number of nitrogens with zero attached hydrogens (tertiary/aromatic N) is 2. The second-order valence-electron chi connectivity index (χ2n) is 2.86. The molecule has 0 aromatic carbocycles. The minimum Gasteiger partial charge on any atom is -0.258 e. The van der Waals surface area contributed by atoms with Crippen LogP contribution in [0, 0.1) is 10.1 Å². The number of pyridine rings is 1. The van der Waals surface area contributed by atoms with Gasteiger partial charge in [0.05, 0.1) is 10.6 Å². The van der Waals surface area contributed by atoms with Crippen LogP contribution < -0.4 is 0 Å². The lowest BCUT2D eigenvalue weighted by atomic mass is 10.2. The Morgan fingerprint density at radius 1 is 1.71 bits per heavy atom. The second kappa shape index (κ2) is 4.84. The SMILES string of the molecule is CC(Br)Cc1ncc([N+](=O)[O-])cc1Br. The van der Waals surface area contributed by atoms with E-state index in [0.717, 1.165) is 12.1 Å². The monoisotopic (exact) mass is 322 g/mol. The van der Waals surface area contributed by atoms with Crippen LogP contribution in [0.25, 0.3) is 0 Å². The number of hydrogen-bond donors (Lipinski definition) is 0. The molecule has 0 radical (unpaired) electrons. The molecule has 1 aromatic heterocycles. The quantitative estimate of drug-likeness (QED) is 0.488. The van der Waals surface area contributed by atoms with Gasteiger partial charge in [0, 0.05) is 21.8 Å². The van der Waals surface area contributed by atoms with Gasteiger partial charge in [-0.3, -0.25) is 15.1 Å². The predicted molar refractivity (Wildman–Crippen MR) is 60.7 cm³/mol. The van der Waals surface area contributed by atoms with Crippen LogP contribution >= 0.6 is 31.9 Å². The Bertz CT molecular complexity index is 355. The topological polar surface area (TPSA) is 56.0 Å². The summed E-state index contributed by atoms with van der Waals surface area (Å²) in [7, 11) is 0. The van der Waals surface area contributed by atoms with Crippen molar-refractivity contribution < 1.29 is 4.92 Å². The zero-order valence-corrected chi connectivity index (χ0v) is 10.6. The van der Waals surface area contributed by atoms with Gasteiger partial charge in [0.25, 0.3) is 5.69 Å². The van der Waals surface area contributed by atoms with Gasteiger partial charge in [-0.15, -0.1) is 0 Å². The molecule has 0 aliphatic carbocycles. The summed E-state index contributed by atoms with van der Waals surface area (Å²) in [6.07, 6.45) is 2.01. The molecule has 0 N–H and O–H groups in total. The van der Waals surface area contributed by atoms with E-state index in [4.69, 9.17) is 0 Å². The molecule has 1 heterocycles. The molecule has 1 rings (SSSR count). The third kappa shape index (κ3) is 3.02. The molecule has 6 heteroatoms. The highest BCUT2D eigenvalue weighted by atomic mass is 79.9. The van der Waals surface area contributed by atoms with Crippen molar-refractivity contribution in [3.63, 3.8) is 0 Å². The van der Waals surface area contributed by atoms with Gasteiger partial charge in [0.15, 0.2) is 0 Å². The highest BCUT2D eigenvalue weighted by Gasteiger charge is 2.11. The standard InChI is InChI=1S/C8H8Br2N2O2/c1-5(9)2-8-7(10)3-6(4-11-8)12(13)14/h3-5H,2H2,1H3. The zero-order chi connectivity index (χ0) is 10.7. The van der Waals surface area contributed by atoms with Crippen LogP contribution in [0.2, 0.25) is 0 Å². The predicted octanol–water partition coefficient (Wildman–Crippen LogP) is 3.08. The Balaban J connectivity index is 2.95. The number of rotatable bonds is 3. The molecule has 14 heavy (non-hydrogen) atoms. The first-order chi connectivity index (χ1) is 6.50. The van der Waals surface area contributed by atoms with Crippen LogP contribution in [0.1, 0.15) is 12.6 Å². The Morgan fingerprint density at radius 2 is 2.36 bits per heavy atom. The molecular formula is C8H8Br2N2O2. The van der Waals surface area contributed by atoms with E-state index < -0.39 is 4.92 Å². The number of alkyl halides is 1. The van der Waals surface area contributed by atoms with Gasteiger partial charge >= 0.3 is 0 Å². The third-order valence-electron chi connectivity index (χ3n) is 1.59. The van der Waals surface area contributed by atoms with E-state index in [-0.39, 0.29) is 5.69 Å². The maximum atomic E-state index is 10.4. The van der Waals surface area contributed by atoms with Gasteiger partial charge in [0.2, 0.25) is 0 Å². The minimum absolute atomic E-state index is 0.00264. The fourth-order valence-electron chi connectivity index (χ4n) is 0.973. The molecule has 0 saturated carbocycles. The van der Waals surface area contributed by atoms with Gasteiger partial charge in [-0.2, -0.15) is 0 Å². The molecule has 1 atom stereocenters. The molecule has 0 aliphatic heterocycles. The summed E-state index contributed by atoms with van der Waals surface area (Å²) in [5, 5.41) is 10.4. The summed E-state index contributed by atoms with van der Waals surface area (Å²) in [4.78, 5) is 14.3. The molecule has 0 fully saturated rings. The van der Waals surface area contributed by atoms with E-state index in [1.165, 1.54) is 12.3 Å². The smallest absolute Gasteiger partial charge is 0.258 e. The molecule has 0 aliphatic rings. The largest absolute Gasteiger partial charge is 0.288 e. The zero-order valence-electron chi connectivity index (χ0n) is 7.41. The van der Waals surface area contributed by atoms with Gasteiger partial charge in [0.1, 0.15) is 6.20 Å². The number of halogens is 2. The van der Waals surface area contributed by atoms with Gasteiger partial charge < -0.3 is 0 Å². The first-order valence-corrected chi connectivity index (χ1v) is 5.64. The highest BCUT2D eigenvalue weighted by Crippen LogP contribution is 2.22. The Hall–Kier alpha value is -0.490. The normalized spacial score (nSPS) is 12.5. The molecule has 0 amide bonds. The van der Waals surface area contributed by atoms with Crippen LogP contribution in [-0.2, 0) is 6.42 Å². The fraction of sp³-hybridized carbons (Fsp3) is 0.375. The average Bonchev–Trinajstić information content (AvgIpc) is 2.07. The van der Waals surface area contributed by atoms with Crippen molar-refractivity contribution in [1.29, 1.82) is 0 Å². The molecule has 0 spiro atoms. The van der Waals surface area contributed by atoms with Crippen LogP contribution in [0.4, 0.5) is 5.69 Å². The highest BCUT2D eigenvalue weighted by molar-refractivity contribution is 9.10. The molecule has 0 saturated heterocycles. The maximum Gasteiger partial charge on any atom is 0.288 e.